The molecular weight excluding hydrogens is 288 g/mol. The van der Waals surface area contributed by atoms with Gasteiger partial charge < -0.3 is 9.73 Å². The monoisotopic (exact) mass is 300 g/mol. The molecule has 6 nitrogen and oxygen atoms in total. The van der Waals surface area contributed by atoms with E-state index in [1.54, 1.807) is 18.2 Å². The molecule has 0 radical (unpaired) electrons. The summed E-state index contributed by atoms with van der Waals surface area (Å²) < 4.78 is 27.2. The van der Waals surface area contributed by atoms with Crippen molar-refractivity contribution in [3.8, 4) is 0 Å². The van der Waals surface area contributed by atoms with Gasteiger partial charge in [-0.1, -0.05) is 0 Å². The Morgan fingerprint density at radius 3 is 2.74 bits per heavy atom. The van der Waals surface area contributed by atoms with E-state index in [1.807, 2.05) is 0 Å². The number of thiophene rings is 1. The predicted octanol–water partition coefficient (Wildman–Crippen LogP) is 0.961. The van der Waals surface area contributed by atoms with E-state index in [1.165, 1.54) is 12.3 Å². The summed E-state index contributed by atoms with van der Waals surface area (Å²) >= 11 is 1.10. The number of primary sulfonamides is 1. The van der Waals surface area contributed by atoms with Crippen molar-refractivity contribution in [1.29, 1.82) is 0 Å². The second kappa shape index (κ2) is 5.55. The maximum Gasteiger partial charge on any atom is 0.286 e. The van der Waals surface area contributed by atoms with Gasteiger partial charge in [-0.05, 0) is 30.7 Å². The van der Waals surface area contributed by atoms with Crippen molar-refractivity contribution in [2.24, 2.45) is 5.14 Å². The molecule has 102 valence electrons. The highest BCUT2D eigenvalue weighted by Gasteiger charge is 2.12. The lowest BCUT2D eigenvalue weighted by Gasteiger charge is -2.01. The van der Waals surface area contributed by atoms with Crippen molar-refractivity contribution in [3.63, 3.8) is 0 Å². The first-order valence-corrected chi connectivity index (χ1v) is 7.76. The number of carbonyl (C=O) groups excluding carboxylic acids is 1. The molecule has 0 aliphatic carbocycles. The molecule has 0 aliphatic heterocycles. The molecule has 3 N–H and O–H groups in total. The second-order valence-corrected chi connectivity index (χ2v) is 6.71. The minimum atomic E-state index is -3.64. The lowest BCUT2D eigenvalue weighted by atomic mass is 10.3. The maximum atomic E-state index is 11.5. The molecule has 0 saturated carbocycles. The standard InChI is InChI=1S/C11H12N2O4S2/c12-19(15,16)10-4-3-8(18-10)5-6-13-11(14)9-2-1-7-17-9/h1-4,7H,5-6H2,(H,13,14)(H2,12,15,16). The number of nitrogens with two attached hydrogens (primary N) is 1. The third kappa shape index (κ3) is 3.66. The van der Waals surface area contributed by atoms with Crippen LogP contribution in [0.25, 0.3) is 0 Å². The van der Waals surface area contributed by atoms with Gasteiger partial charge in [-0.3, -0.25) is 4.79 Å². The Morgan fingerprint density at radius 1 is 1.37 bits per heavy atom. The number of carbonyl (C=O) groups is 1. The first-order valence-electron chi connectivity index (χ1n) is 5.40. The minimum Gasteiger partial charge on any atom is -0.459 e. The lowest BCUT2D eigenvalue weighted by molar-refractivity contribution is 0.0926. The van der Waals surface area contributed by atoms with E-state index in [0.717, 1.165) is 16.2 Å². The van der Waals surface area contributed by atoms with E-state index in [0.29, 0.717) is 13.0 Å². The Morgan fingerprint density at radius 2 is 2.16 bits per heavy atom. The molecule has 2 heterocycles. The number of hydrogen-bond acceptors (Lipinski definition) is 5. The second-order valence-electron chi connectivity index (χ2n) is 3.75. The molecule has 1 amide bonds. The van der Waals surface area contributed by atoms with E-state index in [4.69, 9.17) is 9.56 Å². The normalized spacial score (nSPS) is 11.4. The zero-order chi connectivity index (χ0) is 13.9. The molecule has 0 unspecified atom stereocenters. The van der Waals surface area contributed by atoms with Crippen LogP contribution >= 0.6 is 11.3 Å². The summed E-state index contributed by atoms with van der Waals surface area (Å²) in [6.45, 7) is 0.393. The fraction of sp³-hybridized carbons (Fsp3) is 0.182. The molecule has 19 heavy (non-hydrogen) atoms. The zero-order valence-corrected chi connectivity index (χ0v) is 11.5. The van der Waals surface area contributed by atoms with Crippen molar-refractivity contribution in [2.75, 3.05) is 6.54 Å². The van der Waals surface area contributed by atoms with Crippen molar-refractivity contribution >= 4 is 27.3 Å². The molecule has 0 saturated heterocycles. The highest BCUT2D eigenvalue weighted by Crippen LogP contribution is 2.20. The molecule has 0 fully saturated rings. The summed E-state index contributed by atoms with van der Waals surface area (Å²) in [6.07, 6.45) is 1.96. The van der Waals surface area contributed by atoms with E-state index in [-0.39, 0.29) is 15.9 Å². The molecule has 2 aromatic rings. The summed E-state index contributed by atoms with van der Waals surface area (Å²) in [4.78, 5) is 12.4. The molecule has 0 spiro atoms. The lowest BCUT2D eigenvalue weighted by Crippen LogP contribution is -2.24. The summed E-state index contributed by atoms with van der Waals surface area (Å²) in [6, 6.07) is 6.35. The van der Waals surface area contributed by atoms with Crippen LogP contribution in [0.3, 0.4) is 0 Å². The van der Waals surface area contributed by atoms with Gasteiger partial charge in [0.1, 0.15) is 4.21 Å². The average molecular weight is 300 g/mol. The van der Waals surface area contributed by atoms with E-state index in [2.05, 4.69) is 5.32 Å². The van der Waals surface area contributed by atoms with Crippen LogP contribution in [0.4, 0.5) is 0 Å². The van der Waals surface area contributed by atoms with Crippen molar-refractivity contribution in [2.45, 2.75) is 10.6 Å². The van der Waals surface area contributed by atoms with Crippen LogP contribution in [-0.2, 0) is 16.4 Å². The van der Waals surface area contributed by atoms with E-state index >= 15 is 0 Å². The minimum absolute atomic E-state index is 0.125. The Hall–Kier alpha value is -1.64. The number of furan rings is 1. The van der Waals surface area contributed by atoms with Crippen LogP contribution in [0.1, 0.15) is 15.4 Å². The molecule has 0 aromatic carbocycles. The summed E-state index contributed by atoms with van der Waals surface area (Å²) in [7, 11) is -3.64. The Kier molecular flexibility index (Phi) is 4.03. The zero-order valence-electron chi connectivity index (χ0n) is 9.83. The number of hydrogen-bond donors (Lipinski definition) is 2. The van der Waals surface area contributed by atoms with Crippen LogP contribution in [0.15, 0.2) is 39.2 Å². The van der Waals surface area contributed by atoms with Gasteiger partial charge in [-0.25, -0.2) is 13.6 Å². The largest absolute Gasteiger partial charge is 0.459 e. The van der Waals surface area contributed by atoms with Gasteiger partial charge in [0.2, 0.25) is 10.0 Å². The molecule has 2 rings (SSSR count). The van der Waals surface area contributed by atoms with Gasteiger partial charge in [0, 0.05) is 11.4 Å². The number of rotatable bonds is 5. The van der Waals surface area contributed by atoms with Gasteiger partial charge >= 0.3 is 0 Å². The van der Waals surface area contributed by atoms with Gasteiger partial charge in [0.25, 0.3) is 5.91 Å². The van der Waals surface area contributed by atoms with Crippen molar-refractivity contribution in [3.05, 3.63) is 41.2 Å². The third-order valence-electron chi connectivity index (χ3n) is 2.32. The molecule has 0 atom stereocenters. The Labute approximate surface area is 114 Å². The molecule has 0 aliphatic rings. The Balaban J connectivity index is 1.86. The van der Waals surface area contributed by atoms with Crippen LogP contribution < -0.4 is 10.5 Å². The number of nitrogens with one attached hydrogen (secondary N) is 1. The number of sulfonamides is 1. The van der Waals surface area contributed by atoms with Crippen LogP contribution in [0, 0.1) is 0 Å². The SMILES string of the molecule is NS(=O)(=O)c1ccc(CCNC(=O)c2ccco2)s1. The van der Waals surface area contributed by atoms with Crippen molar-refractivity contribution in [1.82, 2.24) is 5.32 Å². The number of amides is 1. The van der Waals surface area contributed by atoms with E-state index < -0.39 is 10.0 Å². The van der Waals surface area contributed by atoms with Gasteiger partial charge in [0.15, 0.2) is 5.76 Å². The van der Waals surface area contributed by atoms with Crippen LogP contribution in [-0.4, -0.2) is 20.9 Å². The van der Waals surface area contributed by atoms with Gasteiger partial charge in [-0.2, -0.15) is 0 Å². The Bertz CT molecular complexity index is 659. The van der Waals surface area contributed by atoms with Crippen LogP contribution in [0.5, 0.6) is 0 Å². The summed E-state index contributed by atoms with van der Waals surface area (Å²) in [5, 5.41) is 7.69. The average Bonchev–Trinajstić information content (AvgIpc) is 2.99. The topological polar surface area (TPSA) is 102 Å². The quantitative estimate of drug-likeness (QED) is 0.858. The third-order valence-corrected chi connectivity index (χ3v) is 4.90. The highest BCUT2D eigenvalue weighted by molar-refractivity contribution is 7.91. The van der Waals surface area contributed by atoms with Gasteiger partial charge in [-0.15, -0.1) is 11.3 Å². The smallest absolute Gasteiger partial charge is 0.286 e. The first-order chi connectivity index (χ1) is 8.97. The molecular formula is C11H12N2O4S2. The van der Waals surface area contributed by atoms with Gasteiger partial charge in [0.05, 0.1) is 6.26 Å². The van der Waals surface area contributed by atoms with E-state index in [9.17, 15) is 13.2 Å². The predicted molar refractivity (Wildman–Crippen MR) is 70.4 cm³/mol. The fourth-order valence-corrected chi connectivity index (χ4v) is 3.22. The summed E-state index contributed by atoms with van der Waals surface area (Å²) in [5.41, 5.74) is 0. The fourth-order valence-electron chi connectivity index (χ4n) is 1.44. The molecule has 8 heteroatoms. The highest BCUT2D eigenvalue weighted by atomic mass is 32.2. The van der Waals surface area contributed by atoms with Crippen molar-refractivity contribution < 1.29 is 17.6 Å². The first kappa shape index (κ1) is 13.8. The maximum absolute atomic E-state index is 11.5. The molecule has 0 bridgehead atoms. The molecule has 2 aromatic heterocycles. The summed E-state index contributed by atoms with van der Waals surface area (Å²) in [5.74, 6) is -0.0513. The van der Waals surface area contributed by atoms with Crippen LogP contribution in [0.2, 0.25) is 0 Å².